The molecular weight excluding hydrogens is 306 g/mol. The molecule has 1 saturated heterocycles. The van der Waals surface area contributed by atoms with Crippen LogP contribution in [0.3, 0.4) is 0 Å². The molecule has 0 aromatic carbocycles. The maximum absolute atomic E-state index is 10.9. The molecule has 1 aliphatic heterocycles. The van der Waals surface area contributed by atoms with Crippen molar-refractivity contribution in [1.82, 2.24) is 4.98 Å². The molecule has 2 rings (SSSR count). The van der Waals surface area contributed by atoms with Gasteiger partial charge in [0.25, 0.3) is 5.69 Å². The van der Waals surface area contributed by atoms with Crippen molar-refractivity contribution < 1.29 is 14.8 Å². The van der Waals surface area contributed by atoms with Crippen LogP contribution in [0.15, 0.2) is 16.7 Å². The molecule has 2 heterocycles. The summed E-state index contributed by atoms with van der Waals surface area (Å²) in [6, 6.07) is 1.37. The molecule has 1 aromatic rings. The molecule has 7 nitrogen and oxygen atoms in total. The molecule has 1 fully saturated rings. The number of hydrogen-bond acceptors (Lipinski definition) is 5. The lowest BCUT2D eigenvalue weighted by Crippen LogP contribution is -2.23. The van der Waals surface area contributed by atoms with Crippen molar-refractivity contribution in [3.63, 3.8) is 0 Å². The van der Waals surface area contributed by atoms with Gasteiger partial charge in [-0.25, -0.2) is 4.98 Å². The summed E-state index contributed by atoms with van der Waals surface area (Å²) in [5, 5.41) is 19.5. The average Bonchev–Trinajstić information content (AvgIpc) is 2.78. The van der Waals surface area contributed by atoms with Crippen LogP contribution in [0.1, 0.15) is 6.42 Å². The summed E-state index contributed by atoms with van der Waals surface area (Å²) in [6.07, 6.45) is 1.73. The predicted octanol–water partition coefficient (Wildman–Crippen LogP) is 1.66. The molecule has 0 aliphatic carbocycles. The number of aliphatic carboxylic acids is 1. The van der Waals surface area contributed by atoms with Gasteiger partial charge in [-0.2, -0.15) is 0 Å². The highest BCUT2D eigenvalue weighted by Crippen LogP contribution is 2.31. The highest BCUT2D eigenvalue weighted by atomic mass is 79.9. The molecule has 1 aromatic heterocycles. The van der Waals surface area contributed by atoms with Gasteiger partial charge < -0.3 is 10.0 Å². The third-order valence-corrected chi connectivity index (χ3v) is 3.44. The van der Waals surface area contributed by atoms with E-state index in [0.29, 0.717) is 29.8 Å². The number of halogens is 1. The Bertz CT molecular complexity index is 508. The minimum absolute atomic E-state index is 0.0976. The van der Waals surface area contributed by atoms with Gasteiger partial charge in [-0.15, -0.1) is 0 Å². The van der Waals surface area contributed by atoms with E-state index in [2.05, 4.69) is 20.9 Å². The van der Waals surface area contributed by atoms with E-state index in [-0.39, 0.29) is 5.69 Å². The number of carbonyl (C=O) groups is 1. The number of nitrogens with zero attached hydrogens (tertiary/aromatic N) is 3. The normalized spacial score (nSPS) is 18.9. The van der Waals surface area contributed by atoms with Crippen LogP contribution >= 0.6 is 15.9 Å². The zero-order valence-electron chi connectivity index (χ0n) is 9.24. The maximum atomic E-state index is 10.9. The third kappa shape index (κ3) is 2.42. The highest BCUT2D eigenvalue weighted by molar-refractivity contribution is 9.10. The van der Waals surface area contributed by atoms with E-state index in [0.717, 1.165) is 0 Å². The zero-order valence-corrected chi connectivity index (χ0v) is 10.8. The molecule has 96 valence electrons. The summed E-state index contributed by atoms with van der Waals surface area (Å²) in [7, 11) is 0. The first-order valence-corrected chi connectivity index (χ1v) is 6.06. The number of nitro groups is 1. The molecule has 0 bridgehead atoms. The molecular formula is C10H10BrN3O4. The number of anilines is 1. The van der Waals surface area contributed by atoms with Gasteiger partial charge in [0.1, 0.15) is 12.0 Å². The van der Waals surface area contributed by atoms with E-state index in [1.165, 1.54) is 12.3 Å². The van der Waals surface area contributed by atoms with Crippen molar-refractivity contribution in [2.24, 2.45) is 5.92 Å². The number of hydrogen-bond donors (Lipinski definition) is 1. The highest BCUT2D eigenvalue weighted by Gasteiger charge is 2.30. The molecule has 1 unspecified atom stereocenters. The molecule has 8 heteroatoms. The van der Waals surface area contributed by atoms with Crippen molar-refractivity contribution >= 4 is 33.4 Å². The summed E-state index contributed by atoms with van der Waals surface area (Å²) in [4.78, 5) is 26.7. The summed E-state index contributed by atoms with van der Waals surface area (Å²) < 4.78 is 0.503. The predicted molar refractivity (Wildman–Crippen MR) is 66.5 cm³/mol. The van der Waals surface area contributed by atoms with Crippen LogP contribution in [-0.2, 0) is 4.79 Å². The second-order valence-electron chi connectivity index (χ2n) is 4.03. The molecule has 1 atom stereocenters. The number of pyridine rings is 1. The van der Waals surface area contributed by atoms with Gasteiger partial charge in [-0.3, -0.25) is 14.9 Å². The minimum Gasteiger partial charge on any atom is -0.481 e. The summed E-state index contributed by atoms with van der Waals surface area (Å²) in [6.45, 7) is 0.957. The Kier molecular flexibility index (Phi) is 3.46. The molecule has 0 saturated carbocycles. The minimum atomic E-state index is -0.824. The van der Waals surface area contributed by atoms with E-state index < -0.39 is 16.8 Å². The third-order valence-electron chi connectivity index (χ3n) is 2.86. The van der Waals surface area contributed by atoms with Crippen molar-refractivity contribution in [3.8, 4) is 0 Å². The Morgan fingerprint density at radius 1 is 1.67 bits per heavy atom. The van der Waals surface area contributed by atoms with E-state index in [4.69, 9.17) is 5.11 Å². The topological polar surface area (TPSA) is 96.6 Å². The van der Waals surface area contributed by atoms with Gasteiger partial charge >= 0.3 is 5.97 Å². The van der Waals surface area contributed by atoms with E-state index >= 15 is 0 Å². The van der Waals surface area contributed by atoms with Crippen molar-refractivity contribution in [3.05, 3.63) is 26.9 Å². The van der Waals surface area contributed by atoms with Gasteiger partial charge in [0, 0.05) is 19.2 Å². The van der Waals surface area contributed by atoms with Crippen LogP contribution in [-0.4, -0.2) is 34.1 Å². The molecule has 1 N–H and O–H groups in total. The van der Waals surface area contributed by atoms with Crippen molar-refractivity contribution in [1.29, 1.82) is 0 Å². The fourth-order valence-electron chi connectivity index (χ4n) is 1.91. The van der Waals surface area contributed by atoms with Gasteiger partial charge in [0.05, 0.1) is 15.3 Å². The van der Waals surface area contributed by atoms with E-state index in [1.807, 2.05) is 4.90 Å². The largest absolute Gasteiger partial charge is 0.481 e. The van der Waals surface area contributed by atoms with Crippen molar-refractivity contribution in [2.75, 3.05) is 18.0 Å². The number of carboxylic acids is 1. The first-order chi connectivity index (χ1) is 8.49. The molecule has 0 amide bonds. The lowest BCUT2D eigenvalue weighted by Gasteiger charge is -2.17. The maximum Gasteiger partial charge on any atom is 0.308 e. The van der Waals surface area contributed by atoms with Gasteiger partial charge in [0.15, 0.2) is 0 Å². The van der Waals surface area contributed by atoms with E-state index in [1.54, 1.807) is 0 Å². The van der Waals surface area contributed by atoms with Gasteiger partial charge in [0.2, 0.25) is 0 Å². The molecule has 0 radical (unpaired) electrons. The van der Waals surface area contributed by atoms with Crippen LogP contribution in [0.25, 0.3) is 0 Å². The summed E-state index contributed by atoms with van der Waals surface area (Å²) in [5.74, 6) is -0.686. The van der Waals surface area contributed by atoms with Gasteiger partial charge in [-0.1, -0.05) is 0 Å². The Morgan fingerprint density at radius 3 is 2.89 bits per heavy atom. The SMILES string of the molecule is O=C(O)C1CCN(c2ncc([N+](=O)[O-])cc2Br)C1. The second kappa shape index (κ2) is 4.89. The van der Waals surface area contributed by atoms with Gasteiger partial charge in [-0.05, 0) is 22.4 Å². The summed E-state index contributed by atoms with van der Waals surface area (Å²) in [5.41, 5.74) is -0.0976. The Morgan fingerprint density at radius 2 is 2.39 bits per heavy atom. The fourth-order valence-corrected chi connectivity index (χ4v) is 2.50. The van der Waals surface area contributed by atoms with Crippen LogP contribution in [0.5, 0.6) is 0 Å². The standard InChI is InChI=1S/C10H10BrN3O4/c11-8-3-7(14(17)18)4-12-9(8)13-2-1-6(5-13)10(15)16/h3-4,6H,1-2,5H2,(H,15,16). The first kappa shape index (κ1) is 12.7. The molecule has 0 spiro atoms. The second-order valence-corrected chi connectivity index (χ2v) is 4.88. The van der Waals surface area contributed by atoms with Crippen LogP contribution in [0.2, 0.25) is 0 Å². The number of rotatable bonds is 3. The van der Waals surface area contributed by atoms with Crippen LogP contribution in [0.4, 0.5) is 11.5 Å². The molecule has 18 heavy (non-hydrogen) atoms. The monoisotopic (exact) mass is 315 g/mol. The zero-order chi connectivity index (χ0) is 13.3. The quantitative estimate of drug-likeness (QED) is 0.673. The average molecular weight is 316 g/mol. The lowest BCUT2D eigenvalue weighted by atomic mass is 10.1. The van der Waals surface area contributed by atoms with Crippen LogP contribution in [0, 0.1) is 16.0 Å². The van der Waals surface area contributed by atoms with Crippen molar-refractivity contribution in [2.45, 2.75) is 6.42 Å². The van der Waals surface area contributed by atoms with E-state index in [9.17, 15) is 14.9 Å². The number of aromatic nitrogens is 1. The Labute approximate surface area is 111 Å². The van der Waals surface area contributed by atoms with Crippen LogP contribution < -0.4 is 4.90 Å². The lowest BCUT2D eigenvalue weighted by molar-refractivity contribution is -0.385. The molecule has 1 aliphatic rings. The Balaban J connectivity index is 2.20. The smallest absolute Gasteiger partial charge is 0.308 e. The first-order valence-electron chi connectivity index (χ1n) is 5.26. The fraction of sp³-hybridized carbons (Fsp3) is 0.400. The number of carboxylic acid groups (broad SMARTS) is 1. The Hall–Kier alpha value is -1.70. The summed E-state index contributed by atoms with van der Waals surface area (Å²) >= 11 is 3.23.